The first-order valence-electron chi connectivity index (χ1n) is 7.61. The van der Waals surface area contributed by atoms with Crippen LogP contribution in [0.25, 0.3) is 10.2 Å². The summed E-state index contributed by atoms with van der Waals surface area (Å²) < 4.78 is 6.82. The van der Waals surface area contributed by atoms with Crippen LogP contribution < -0.4 is 5.32 Å². The van der Waals surface area contributed by atoms with E-state index in [1.807, 2.05) is 24.3 Å². The number of aliphatic hydroxyl groups excluding tert-OH is 1. The number of aromatic nitrogens is 1. The van der Waals surface area contributed by atoms with Gasteiger partial charge in [-0.3, -0.25) is 4.79 Å². The molecule has 1 aliphatic rings. The minimum atomic E-state index is -0.324. The van der Waals surface area contributed by atoms with Crippen molar-refractivity contribution < 1.29 is 14.6 Å². The highest BCUT2D eigenvalue weighted by molar-refractivity contribution is 7.20. The number of amides is 1. The van der Waals surface area contributed by atoms with Crippen molar-refractivity contribution in [1.29, 1.82) is 0 Å². The molecule has 1 aliphatic carbocycles. The Morgan fingerprint density at radius 1 is 1.36 bits per heavy atom. The van der Waals surface area contributed by atoms with Crippen LogP contribution in [0.5, 0.6) is 0 Å². The number of thiazole rings is 1. The Balaban J connectivity index is 1.65. The second-order valence-electron chi connectivity index (χ2n) is 5.63. The van der Waals surface area contributed by atoms with Crippen LogP contribution in [0.4, 0.5) is 0 Å². The number of carbonyl (C=O) groups is 1. The Hall–Kier alpha value is -1.50. The molecule has 0 saturated heterocycles. The standard InChI is InChI=1S/C16H20N2O3S/c19-9-10-21-16(7-3-4-8-16)11-17-14(20)15-18-12-5-1-2-6-13(12)22-15/h1-2,5-6,19H,3-4,7-11H2,(H,17,20). The largest absolute Gasteiger partial charge is 0.394 e. The first-order valence-corrected chi connectivity index (χ1v) is 8.43. The van der Waals surface area contributed by atoms with Crippen LogP contribution in [0.2, 0.25) is 0 Å². The summed E-state index contributed by atoms with van der Waals surface area (Å²) in [7, 11) is 0. The van der Waals surface area contributed by atoms with Gasteiger partial charge in [-0.2, -0.15) is 0 Å². The second-order valence-corrected chi connectivity index (χ2v) is 6.66. The van der Waals surface area contributed by atoms with Gasteiger partial charge in [-0.1, -0.05) is 25.0 Å². The third-order valence-corrected chi connectivity index (χ3v) is 5.11. The minimum absolute atomic E-state index is 0.00751. The number of nitrogens with one attached hydrogen (secondary N) is 1. The molecule has 0 aliphatic heterocycles. The maximum atomic E-state index is 12.3. The van der Waals surface area contributed by atoms with Gasteiger partial charge < -0.3 is 15.2 Å². The van der Waals surface area contributed by atoms with Crippen molar-refractivity contribution in [3.8, 4) is 0 Å². The summed E-state index contributed by atoms with van der Waals surface area (Å²) in [4.78, 5) is 16.7. The average Bonchev–Trinajstić information content (AvgIpc) is 3.18. The van der Waals surface area contributed by atoms with Crippen molar-refractivity contribution in [3.05, 3.63) is 29.3 Å². The molecule has 3 rings (SSSR count). The van der Waals surface area contributed by atoms with Crippen LogP contribution in [-0.4, -0.2) is 41.4 Å². The smallest absolute Gasteiger partial charge is 0.280 e. The molecule has 1 saturated carbocycles. The Labute approximate surface area is 133 Å². The van der Waals surface area contributed by atoms with E-state index in [-0.39, 0.29) is 18.1 Å². The molecule has 6 heteroatoms. The van der Waals surface area contributed by atoms with Gasteiger partial charge in [0.1, 0.15) is 0 Å². The molecule has 1 aromatic heterocycles. The fourth-order valence-electron chi connectivity index (χ4n) is 2.94. The zero-order chi connectivity index (χ0) is 15.4. The summed E-state index contributed by atoms with van der Waals surface area (Å²) >= 11 is 1.40. The quantitative estimate of drug-likeness (QED) is 0.857. The lowest BCUT2D eigenvalue weighted by atomic mass is 10.0. The van der Waals surface area contributed by atoms with E-state index in [1.54, 1.807) is 0 Å². The van der Waals surface area contributed by atoms with E-state index in [4.69, 9.17) is 9.84 Å². The summed E-state index contributed by atoms with van der Waals surface area (Å²) in [6, 6.07) is 7.73. The molecule has 1 fully saturated rings. The molecule has 2 N–H and O–H groups in total. The molecule has 5 nitrogen and oxygen atoms in total. The summed E-state index contributed by atoms with van der Waals surface area (Å²) in [6.45, 7) is 0.798. The molecule has 0 radical (unpaired) electrons. The third-order valence-electron chi connectivity index (χ3n) is 4.07. The van der Waals surface area contributed by atoms with Crippen molar-refractivity contribution in [2.24, 2.45) is 0 Å². The van der Waals surface area contributed by atoms with Gasteiger partial charge in [0.25, 0.3) is 5.91 Å². The molecule has 118 valence electrons. The zero-order valence-corrected chi connectivity index (χ0v) is 13.2. The highest BCUT2D eigenvalue weighted by Gasteiger charge is 2.35. The van der Waals surface area contributed by atoms with Gasteiger partial charge in [0, 0.05) is 6.54 Å². The summed E-state index contributed by atoms with van der Waals surface area (Å²) in [5.41, 5.74) is 0.527. The number of nitrogens with zero attached hydrogens (tertiary/aromatic N) is 1. The van der Waals surface area contributed by atoms with E-state index in [0.717, 1.165) is 35.9 Å². The Morgan fingerprint density at radius 3 is 2.86 bits per heavy atom. The van der Waals surface area contributed by atoms with Crippen LogP contribution in [0, 0.1) is 0 Å². The van der Waals surface area contributed by atoms with E-state index < -0.39 is 0 Å². The van der Waals surface area contributed by atoms with E-state index in [1.165, 1.54) is 11.3 Å². The number of carbonyl (C=O) groups excluding carboxylic acids is 1. The van der Waals surface area contributed by atoms with E-state index in [9.17, 15) is 4.79 Å². The first-order chi connectivity index (χ1) is 10.7. The van der Waals surface area contributed by atoms with Crippen molar-refractivity contribution in [2.75, 3.05) is 19.8 Å². The molecule has 1 amide bonds. The topological polar surface area (TPSA) is 71.5 Å². The number of fused-ring (bicyclic) bond motifs is 1. The highest BCUT2D eigenvalue weighted by Crippen LogP contribution is 2.32. The van der Waals surface area contributed by atoms with E-state index in [2.05, 4.69) is 10.3 Å². The van der Waals surface area contributed by atoms with Crippen LogP contribution in [0.3, 0.4) is 0 Å². The van der Waals surface area contributed by atoms with Gasteiger partial charge >= 0.3 is 0 Å². The monoisotopic (exact) mass is 320 g/mol. The fraction of sp³-hybridized carbons (Fsp3) is 0.500. The Morgan fingerprint density at radius 2 is 2.14 bits per heavy atom. The molecular formula is C16H20N2O3S. The van der Waals surface area contributed by atoms with Gasteiger partial charge in [0.2, 0.25) is 0 Å². The van der Waals surface area contributed by atoms with Gasteiger partial charge in [-0.15, -0.1) is 11.3 Å². The number of ether oxygens (including phenoxy) is 1. The molecule has 0 spiro atoms. The Bertz CT molecular complexity index is 617. The maximum absolute atomic E-state index is 12.3. The normalized spacial score (nSPS) is 17.0. The zero-order valence-electron chi connectivity index (χ0n) is 12.4. The van der Waals surface area contributed by atoms with Crippen molar-refractivity contribution >= 4 is 27.5 Å². The van der Waals surface area contributed by atoms with Gasteiger partial charge in [0.05, 0.1) is 29.0 Å². The molecule has 1 heterocycles. The SMILES string of the molecule is O=C(NCC1(OCCO)CCCC1)c1nc2ccccc2s1. The summed E-state index contributed by atoms with van der Waals surface area (Å²) in [5.74, 6) is -0.153. The lowest BCUT2D eigenvalue weighted by molar-refractivity contribution is -0.0511. The lowest BCUT2D eigenvalue weighted by Crippen LogP contribution is -2.43. The van der Waals surface area contributed by atoms with Crippen LogP contribution in [0.1, 0.15) is 35.5 Å². The second kappa shape index (κ2) is 6.73. The van der Waals surface area contributed by atoms with Crippen LogP contribution in [0.15, 0.2) is 24.3 Å². The number of benzene rings is 1. The van der Waals surface area contributed by atoms with E-state index in [0.29, 0.717) is 18.2 Å². The number of rotatable bonds is 6. The fourth-order valence-corrected chi connectivity index (χ4v) is 3.82. The molecule has 0 atom stereocenters. The number of hydrogen-bond donors (Lipinski definition) is 2. The van der Waals surface area contributed by atoms with E-state index >= 15 is 0 Å². The average molecular weight is 320 g/mol. The highest BCUT2D eigenvalue weighted by atomic mass is 32.1. The predicted octanol–water partition coefficient (Wildman–Crippen LogP) is 2.35. The maximum Gasteiger partial charge on any atom is 0.280 e. The molecule has 0 unspecified atom stereocenters. The molecule has 1 aromatic carbocycles. The molecular weight excluding hydrogens is 300 g/mol. The van der Waals surface area contributed by atoms with Crippen LogP contribution in [-0.2, 0) is 4.74 Å². The van der Waals surface area contributed by atoms with Gasteiger partial charge in [-0.05, 0) is 25.0 Å². The van der Waals surface area contributed by atoms with Crippen LogP contribution >= 0.6 is 11.3 Å². The van der Waals surface area contributed by atoms with Crippen molar-refractivity contribution in [1.82, 2.24) is 10.3 Å². The third kappa shape index (κ3) is 3.29. The summed E-state index contributed by atoms with van der Waals surface area (Å²) in [6.07, 6.45) is 4.05. The van der Waals surface area contributed by atoms with Crippen molar-refractivity contribution in [3.63, 3.8) is 0 Å². The number of para-hydroxylation sites is 1. The number of hydrogen-bond acceptors (Lipinski definition) is 5. The first kappa shape index (κ1) is 15.4. The lowest BCUT2D eigenvalue weighted by Gasteiger charge is -2.29. The number of aliphatic hydroxyl groups is 1. The molecule has 22 heavy (non-hydrogen) atoms. The summed E-state index contributed by atoms with van der Waals surface area (Å²) in [5, 5.41) is 12.4. The van der Waals surface area contributed by atoms with Gasteiger partial charge in [-0.25, -0.2) is 4.98 Å². The molecule has 2 aromatic rings. The van der Waals surface area contributed by atoms with Gasteiger partial charge in [0.15, 0.2) is 5.01 Å². The minimum Gasteiger partial charge on any atom is -0.394 e. The van der Waals surface area contributed by atoms with Crippen molar-refractivity contribution in [2.45, 2.75) is 31.3 Å². The Kier molecular flexibility index (Phi) is 4.71. The predicted molar refractivity (Wildman–Crippen MR) is 86.2 cm³/mol. The molecule has 0 bridgehead atoms.